The van der Waals surface area contributed by atoms with Crippen LogP contribution in [-0.2, 0) is 9.59 Å². The van der Waals surface area contributed by atoms with Crippen molar-refractivity contribution in [3.8, 4) is 0 Å². The summed E-state index contributed by atoms with van der Waals surface area (Å²) < 4.78 is 0. The second-order valence-electron chi connectivity index (χ2n) is 4.43. The number of rotatable bonds is 2. The average Bonchev–Trinajstić information content (AvgIpc) is 2.16. The van der Waals surface area contributed by atoms with Crippen LogP contribution < -0.4 is 0 Å². The van der Waals surface area contributed by atoms with Gasteiger partial charge in [0.15, 0.2) is 0 Å². The van der Waals surface area contributed by atoms with E-state index in [4.69, 9.17) is 0 Å². The summed E-state index contributed by atoms with van der Waals surface area (Å²) in [6.45, 7) is 6.48. The molecule has 1 saturated heterocycles. The van der Waals surface area contributed by atoms with Gasteiger partial charge in [-0.05, 0) is 0 Å². The highest BCUT2D eigenvalue weighted by atomic mass is 28.3. The fraction of sp³-hybridized carbons (Fsp3) is 0.750. The van der Waals surface area contributed by atoms with E-state index >= 15 is 0 Å². The smallest absolute Gasteiger partial charge is 0.229 e. The Kier molecular flexibility index (Phi) is 2.37. The summed E-state index contributed by atoms with van der Waals surface area (Å²) in [6, 6.07) is 0. The van der Waals surface area contributed by atoms with E-state index in [1.807, 2.05) is 0 Å². The number of carbonyl (C=O) groups is 2. The standard InChI is InChI=1S/C8H15NO2Si/c1-12(2,3)6-9-7(10)4-5-8(9)11/h4-6H2,1-3H3. The minimum Gasteiger partial charge on any atom is -0.286 e. The molecule has 0 aromatic rings. The van der Waals surface area contributed by atoms with Crippen LogP contribution in [0.15, 0.2) is 0 Å². The van der Waals surface area contributed by atoms with E-state index in [9.17, 15) is 9.59 Å². The highest BCUT2D eigenvalue weighted by Crippen LogP contribution is 2.14. The maximum absolute atomic E-state index is 11.2. The van der Waals surface area contributed by atoms with Crippen LogP contribution in [0.5, 0.6) is 0 Å². The van der Waals surface area contributed by atoms with Crippen LogP contribution in [0.3, 0.4) is 0 Å². The zero-order valence-electron chi connectivity index (χ0n) is 7.89. The summed E-state index contributed by atoms with van der Waals surface area (Å²) in [6.07, 6.45) is 1.53. The normalized spacial score (nSPS) is 19.1. The predicted octanol–water partition coefficient (Wildman–Crippen LogP) is 1.01. The molecular formula is C8H15NO2Si. The third-order valence-electron chi connectivity index (χ3n) is 1.79. The van der Waals surface area contributed by atoms with Gasteiger partial charge in [-0.3, -0.25) is 14.5 Å². The molecule has 4 heteroatoms. The van der Waals surface area contributed by atoms with Crippen molar-refractivity contribution >= 4 is 19.9 Å². The van der Waals surface area contributed by atoms with Crippen LogP contribution in [0.25, 0.3) is 0 Å². The van der Waals surface area contributed by atoms with Gasteiger partial charge in [-0.2, -0.15) is 0 Å². The molecule has 12 heavy (non-hydrogen) atoms. The monoisotopic (exact) mass is 185 g/mol. The first-order valence-electron chi connectivity index (χ1n) is 4.23. The molecule has 2 amide bonds. The molecule has 0 N–H and O–H groups in total. The summed E-state index contributed by atoms with van der Waals surface area (Å²) in [7, 11) is -1.32. The Labute approximate surface area is 73.8 Å². The number of hydrogen-bond donors (Lipinski definition) is 0. The second kappa shape index (κ2) is 3.01. The van der Waals surface area contributed by atoms with Crippen molar-refractivity contribution in [3.63, 3.8) is 0 Å². The van der Waals surface area contributed by atoms with Gasteiger partial charge < -0.3 is 0 Å². The molecule has 0 aromatic carbocycles. The highest BCUT2D eigenvalue weighted by Gasteiger charge is 2.32. The number of imide groups is 1. The van der Waals surface area contributed by atoms with E-state index in [0.29, 0.717) is 19.0 Å². The molecule has 0 saturated carbocycles. The van der Waals surface area contributed by atoms with Crippen LogP contribution >= 0.6 is 0 Å². The van der Waals surface area contributed by atoms with Gasteiger partial charge in [0.1, 0.15) is 0 Å². The molecule has 0 radical (unpaired) electrons. The van der Waals surface area contributed by atoms with Crippen molar-refractivity contribution in [1.29, 1.82) is 0 Å². The Bertz CT molecular complexity index is 204. The lowest BCUT2D eigenvalue weighted by atomic mass is 10.4. The van der Waals surface area contributed by atoms with E-state index in [1.54, 1.807) is 0 Å². The third-order valence-corrected chi connectivity index (χ3v) is 3.05. The maximum Gasteiger partial charge on any atom is 0.229 e. The zero-order valence-corrected chi connectivity index (χ0v) is 8.89. The van der Waals surface area contributed by atoms with Crippen molar-refractivity contribution < 1.29 is 9.59 Å². The van der Waals surface area contributed by atoms with Crippen LogP contribution in [0.4, 0.5) is 0 Å². The molecule has 0 spiro atoms. The largest absolute Gasteiger partial charge is 0.286 e. The first-order valence-corrected chi connectivity index (χ1v) is 7.94. The molecular weight excluding hydrogens is 170 g/mol. The molecule has 1 aliphatic heterocycles. The first-order chi connectivity index (χ1) is 5.40. The molecule has 68 valence electrons. The SMILES string of the molecule is C[Si](C)(C)CN1C(=O)CCC1=O. The van der Waals surface area contributed by atoms with Crippen molar-refractivity contribution in [3.05, 3.63) is 0 Å². The van der Waals surface area contributed by atoms with Crippen LogP contribution in [0.2, 0.25) is 19.6 Å². The zero-order chi connectivity index (χ0) is 9.35. The minimum atomic E-state index is -1.32. The van der Waals surface area contributed by atoms with Crippen LogP contribution in [-0.4, -0.2) is 31.0 Å². The Morgan fingerprint density at radius 1 is 1.17 bits per heavy atom. The summed E-state index contributed by atoms with van der Waals surface area (Å²) in [5.74, 6) is 0.0323. The molecule has 0 aromatic heterocycles. The second-order valence-corrected chi connectivity index (χ2v) is 9.87. The molecule has 0 unspecified atom stereocenters. The predicted molar refractivity (Wildman–Crippen MR) is 49.3 cm³/mol. The molecule has 1 rings (SSSR count). The van der Waals surface area contributed by atoms with Gasteiger partial charge in [0.25, 0.3) is 0 Å². The van der Waals surface area contributed by atoms with Crippen LogP contribution in [0, 0.1) is 0 Å². The van der Waals surface area contributed by atoms with E-state index < -0.39 is 8.07 Å². The molecule has 0 atom stereocenters. The van der Waals surface area contributed by atoms with Gasteiger partial charge in [-0.25, -0.2) is 0 Å². The van der Waals surface area contributed by atoms with Gasteiger partial charge in [-0.15, -0.1) is 0 Å². The van der Waals surface area contributed by atoms with Crippen molar-refractivity contribution in [1.82, 2.24) is 4.90 Å². The Morgan fingerprint density at radius 2 is 1.58 bits per heavy atom. The maximum atomic E-state index is 11.2. The summed E-state index contributed by atoms with van der Waals surface area (Å²) in [5, 5.41) is 0. The molecule has 0 bridgehead atoms. The third kappa shape index (κ3) is 2.17. The summed E-state index contributed by atoms with van der Waals surface area (Å²) in [4.78, 5) is 23.8. The van der Waals surface area contributed by atoms with E-state index in [2.05, 4.69) is 19.6 Å². The molecule has 1 heterocycles. The molecule has 1 aliphatic rings. The summed E-state index contributed by atoms with van der Waals surface area (Å²) >= 11 is 0. The fourth-order valence-electron chi connectivity index (χ4n) is 1.27. The van der Waals surface area contributed by atoms with Gasteiger partial charge in [0.05, 0.1) is 8.07 Å². The number of amides is 2. The number of carbonyl (C=O) groups excluding carboxylic acids is 2. The Morgan fingerprint density at radius 3 is 1.92 bits per heavy atom. The Balaban J connectivity index is 2.62. The summed E-state index contributed by atoms with van der Waals surface area (Å²) in [5.41, 5.74) is 0. The number of likely N-dealkylation sites (tertiary alicyclic amines) is 1. The number of nitrogens with zero attached hydrogens (tertiary/aromatic N) is 1. The molecule has 0 aliphatic carbocycles. The highest BCUT2D eigenvalue weighted by molar-refractivity contribution is 6.76. The van der Waals surface area contributed by atoms with Crippen molar-refractivity contribution in [2.45, 2.75) is 32.5 Å². The Hall–Kier alpha value is -0.643. The minimum absolute atomic E-state index is 0.0161. The molecule has 1 fully saturated rings. The van der Waals surface area contributed by atoms with E-state index in [1.165, 1.54) is 4.90 Å². The lowest BCUT2D eigenvalue weighted by Crippen LogP contribution is -2.42. The lowest BCUT2D eigenvalue weighted by Gasteiger charge is -2.22. The van der Waals surface area contributed by atoms with Gasteiger partial charge >= 0.3 is 0 Å². The van der Waals surface area contributed by atoms with E-state index in [-0.39, 0.29) is 11.8 Å². The van der Waals surface area contributed by atoms with E-state index in [0.717, 1.165) is 0 Å². The van der Waals surface area contributed by atoms with Crippen molar-refractivity contribution in [2.24, 2.45) is 0 Å². The lowest BCUT2D eigenvalue weighted by molar-refractivity contribution is -0.137. The average molecular weight is 185 g/mol. The van der Waals surface area contributed by atoms with Crippen LogP contribution in [0.1, 0.15) is 12.8 Å². The molecule has 3 nitrogen and oxygen atoms in total. The quantitative estimate of drug-likeness (QED) is 0.475. The van der Waals surface area contributed by atoms with Gasteiger partial charge in [-0.1, -0.05) is 19.6 Å². The topological polar surface area (TPSA) is 37.4 Å². The van der Waals surface area contributed by atoms with Gasteiger partial charge in [0, 0.05) is 19.0 Å². The first kappa shape index (κ1) is 9.44. The number of hydrogen-bond acceptors (Lipinski definition) is 2. The van der Waals surface area contributed by atoms with Gasteiger partial charge in [0.2, 0.25) is 11.8 Å². The van der Waals surface area contributed by atoms with Crippen molar-refractivity contribution in [2.75, 3.05) is 6.17 Å². The fourth-order valence-corrected chi connectivity index (χ4v) is 2.57.